The van der Waals surface area contributed by atoms with E-state index in [9.17, 15) is 4.79 Å². The van der Waals surface area contributed by atoms with Crippen molar-refractivity contribution in [3.8, 4) is 0 Å². The van der Waals surface area contributed by atoms with Gasteiger partial charge in [0.2, 0.25) is 5.91 Å². The number of hydrogen-bond donors (Lipinski definition) is 1. The minimum atomic E-state index is 0.317. The standard InChI is InChI=1S/C15H29N3O/c1-12-4-3-6-18(9-12)15(19)11-17-7-5-13(2)14(8-16)10-17/h12-14H,3-11,16H2,1-2H3. The lowest BCUT2D eigenvalue weighted by molar-refractivity contribution is -0.134. The molecule has 0 aromatic heterocycles. The maximum atomic E-state index is 12.3. The van der Waals surface area contributed by atoms with Crippen molar-refractivity contribution in [1.82, 2.24) is 9.80 Å². The lowest BCUT2D eigenvalue weighted by Crippen LogP contribution is -2.49. The average Bonchev–Trinajstić information content (AvgIpc) is 2.41. The fourth-order valence-electron chi connectivity index (χ4n) is 3.38. The Bertz CT molecular complexity index is 308. The third kappa shape index (κ3) is 3.93. The third-order valence-electron chi connectivity index (χ3n) is 4.87. The van der Waals surface area contributed by atoms with Gasteiger partial charge < -0.3 is 10.6 Å². The molecule has 0 saturated carbocycles. The molecule has 2 aliphatic heterocycles. The second-order valence-corrected chi connectivity index (χ2v) is 6.58. The molecule has 2 saturated heterocycles. The number of nitrogens with zero attached hydrogens (tertiary/aromatic N) is 2. The SMILES string of the molecule is CC1CCCN(C(=O)CN2CCC(C)C(CN)C2)C1. The zero-order chi connectivity index (χ0) is 13.8. The zero-order valence-electron chi connectivity index (χ0n) is 12.5. The van der Waals surface area contributed by atoms with E-state index in [2.05, 4.69) is 23.6 Å². The van der Waals surface area contributed by atoms with E-state index in [4.69, 9.17) is 5.73 Å². The van der Waals surface area contributed by atoms with Crippen LogP contribution in [0.4, 0.5) is 0 Å². The van der Waals surface area contributed by atoms with E-state index < -0.39 is 0 Å². The second kappa shape index (κ2) is 6.71. The van der Waals surface area contributed by atoms with Crippen molar-refractivity contribution in [3.05, 3.63) is 0 Å². The molecule has 0 aromatic carbocycles. The first-order chi connectivity index (χ1) is 9.10. The molecular weight excluding hydrogens is 238 g/mol. The number of rotatable bonds is 3. The molecule has 4 nitrogen and oxygen atoms in total. The van der Waals surface area contributed by atoms with Gasteiger partial charge in [0.15, 0.2) is 0 Å². The van der Waals surface area contributed by atoms with Crippen LogP contribution in [0.25, 0.3) is 0 Å². The summed E-state index contributed by atoms with van der Waals surface area (Å²) in [7, 11) is 0. The minimum absolute atomic E-state index is 0.317. The van der Waals surface area contributed by atoms with Crippen molar-refractivity contribution in [3.63, 3.8) is 0 Å². The van der Waals surface area contributed by atoms with Crippen LogP contribution in [0.1, 0.15) is 33.1 Å². The second-order valence-electron chi connectivity index (χ2n) is 6.58. The Hall–Kier alpha value is -0.610. The summed E-state index contributed by atoms with van der Waals surface area (Å²) >= 11 is 0. The van der Waals surface area contributed by atoms with Gasteiger partial charge in [-0.25, -0.2) is 0 Å². The topological polar surface area (TPSA) is 49.6 Å². The zero-order valence-corrected chi connectivity index (χ0v) is 12.5. The summed E-state index contributed by atoms with van der Waals surface area (Å²) in [6, 6.07) is 0. The van der Waals surface area contributed by atoms with Crippen LogP contribution in [-0.2, 0) is 4.79 Å². The molecule has 2 N–H and O–H groups in total. The first-order valence-corrected chi connectivity index (χ1v) is 7.80. The number of carbonyl (C=O) groups excluding carboxylic acids is 1. The lowest BCUT2D eigenvalue weighted by atomic mass is 9.87. The van der Waals surface area contributed by atoms with Crippen molar-refractivity contribution < 1.29 is 4.79 Å². The summed E-state index contributed by atoms with van der Waals surface area (Å²) in [4.78, 5) is 16.7. The number of piperidine rings is 2. The average molecular weight is 267 g/mol. The molecule has 0 radical (unpaired) electrons. The van der Waals surface area contributed by atoms with Crippen LogP contribution in [0.2, 0.25) is 0 Å². The predicted octanol–water partition coefficient (Wildman–Crippen LogP) is 1.16. The Labute approximate surface area is 117 Å². The molecule has 3 atom stereocenters. The van der Waals surface area contributed by atoms with Crippen LogP contribution < -0.4 is 5.73 Å². The molecule has 0 bridgehead atoms. The van der Waals surface area contributed by atoms with E-state index in [1.807, 2.05) is 0 Å². The number of likely N-dealkylation sites (tertiary alicyclic amines) is 2. The molecule has 2 fully saturated rings. The van der Waals surface area contributed by atoms with Crippen LogP contribution in [0.5, 0.6) is 0 Å². The molecule has 3 unspecified atom stereocenters. The van der Waals surface area contributed by atoms with E-state index in [0.29, 0.717) is 30.2 Å². The smallest absolute Gasteiger partial charge is 0.236 e. The highest BCUT2D eigenvalue weighted by atomic mass is 16.2. The highest BCUT2D eigenvalue weighted by molar-refractivity contribution is 5.78. The van der Waals surface area contributed by atoms with E-state index in [0.717, 1.165) is 39.1 Å². The van der Waals surface area contributed by atoms with Crippen molar-refractivity contribution in [2.75, 3.05) is 39.3 Å². The maximum Gasteiger partial charge on any atom is 0.236 e. The molecule has 1 amide bonds. The van der Waals surface area contributed by atoms with E-state index >= 15 is 0 Å². The van der Waals surface area contributed by atoms with Crippen molar-refractivity contribution in [2.45, 2.75) is 33.1 Å². The third-order valence-corrected chi connectivity index (χ3v) is 4.87. The normalized spacial score (nSPS) is 33.4. The van der Waals surface area contributed by atoms with Crippen LogP contribution in [0.3, 0.4) is 0 Å². The van der Waals surface area contributed by atoms with Gasteiger partial charge in [-0.05, 0) is 50.1 Å². The molecular formula is C15H29N3O. The van der Waals surface area contributed by atoms with Gasteiger partial charge in [0.25, 0.3) is 0 Å². The summed E-state index contributed by atoms with van der Waals surface area (Å²) in [5.74, 6) is 2.24. The Morgan fingerprint density at radius 2 is 2.00 bits per heavy atom. The van der Waals surface area contributed by atoms with E-state index in [-0.39, 0.29) is 0 Å². The monoisotopic (exact) mass is 267 g/mol. The quantitative estimate of drug-likeness (QED) is 0.835. The summed E-state index contributed by atoms with van der Waals surface area (Å²) in [6.07, 6.45) is 3.60. The lowest BCUT2D eigenvalue weighted by Gasteiger charge is -2.38. The first-order valence-electron chi connectivity index (χ1n) is 7.80. The van der Waals surface area contributed by atoms with Gasteiger partial charge in [0.1, 0.15) is 0 Å². The first kappa shape index (κ1) is 14.8. The molecule has 0 aromatic rings. The number of carbonyl (C=O) groups is 1. The largest absolute Gasteiger partial charge is 0.341 e. The predicted molar refractivity (Wildman–Crippen MR) is 77.7 cm³/mol. The van der Waals surface area contributed by atoms with Crippen molar-refractivity contribution >= 4 is 5.91 Å². The molecule has 4 heteroatoms. The molecule has 2 aliphatic rings. The van der Waals surface area contributed by atoms with Gasteiger partial charge in [-0.15, -0.1) is 0 Å². The molecule has 110 valence electrons. The number of amides is 1. The van der Waals surface area contributed by atoms with Gasteiger partial charge in [0, 0.05) is 19.6 Å². The minimum Gasteiger partial charge on any atom is -0.341 e. The molecule has 2 heterocycles. The van der Waals surface area contributed by atoms with Gasteiger partial charge in [-0.1, -0.05) is 13.8 Å². The fourth-order valence-corrected chi connectivity index (χ4v) is 3.38. The van der Waals surface area contributed by atoms with Gasteiger partial charge >= 0.3 is 0 Å². The molecule has 2 rings (SSSR count). The molecule has 19 heavy (non-hydrogen) atoms. The van der Waals surface area contributed by atoms with Crippen molar-refractivity contribution in [2.24, 2.45) is 23.5 Å². The summed E-state index contributed by atoms with van der Waals surface area (Å²) in [5, 5.41) is 0. The van der Waals surface area contributed by atoms with Gasteiger partial charge in [-0.2, -0.15) is 0 Å². The van der Waals surface area contributed by atoms with E-state index in [1.165, 1.54) is 12.8 Å². The summed E-state index contributed by atoms with van der Waals surface area (Å²) in [6.45, 7) is 9.80. The Balaban J connectivity index is 1.81. The maximum absolute atomic E-state index is 12.3. The fraction of sp³-hybridized carbons (Fsp3) is 0.933. The van der Waals surface area contributed by atoms with Gasteiger partial charge in [0.05, 0.1) is 6.54 Å². The Morgan fingerprint density at radius 1 is 1.21 bits per heavy atom. The van der Waals surface area contributed by atoms with Crippen LogP contribution in [0, 0.1) is 17.8 Å². The Kier molecular flexibility index (Phi) is 5.22. The number of nitrogens with two attached hydrogens (primary N) is 1. The van der Waals surface area contributed by atoms with Crippen LogP contribution >= 0.6 is 0 Å². The highest BCUT2D eigenvalue weighted by Crippen LogP contribution is 2.22. The van der Waals surface area contributed by atoms with Crippen LogP contribution in [-0.4, -0.2) is 55.0 Å². The van der Waals surface area contributed by atoms with Gasteiger partial charge in [-0.3, -0.25) is 9.69 Å². The van der Waals surface area contributed by atoms with Crippen LogP contribution in [0.15, 0.2) is 0 Å². The summed E-state index contributed by atoms with van der Waals surface area (Å²) in [5.41, 5.74) is 5.83. The molecule has 0 aliphatic carbocycles. The highest BCUT2D eigenvalue weighted by Gasteiger charge is 2.28. The number of hydrogen-bond acceptors (Lipinski definition) is 3. The Morgan fingerprint density at radius 3 is 2.68 bits per heavy atom. The summed E-state index contributed by atoms with van der Waals surface area (Å²) < 4.78 is 0. The molecule has 0 spiro atoms. The van der Waals surface area contributed by atoms with Crippen molar-refractivity contribution in [1.29, 1.82) is 0 Å². The van der Waals surface area contributed by atoms with E-state index in [1.54, 1.807) is 0 Å².